The first-order valence-corrected chi connectivity index (χ1v) is 6.17. The summed E-state index contributed by atoms with van der Waals surface area (Å²) in [4.78, 5) is 0. The van der Waals surface area contributed by atoms with Crippen LogP contribution >= 0.6 is 11.8 Å². The third-order valence-electron chi connectivity index (χ3n) is 2.45. The summed E-state index contributed by atoms with van der Waals surface area (Å²) in [7, 11) is 0. The van der Waals surface area contributed by atoms with Crippen molar-refractivity contribution in [1.82, 2.24) is 14.9 Å². The minimum Gasteiger partial charge on any atom is -0.466 e. The highest BCUT2D eigenvalue weighted by molar-refractivity contribution is 7.99. The summed E-state index contributed by atoms with van der Waals surface area (Å²) in [5.41, 5.74) is 3.33. The van der Waals surface area contributed by atoms with Gasteiger partial charge in [0.2, 0.25) is 5.16 Å². The molecule has 1 aliphatic rings. The molecule has 5 nitrogen and oxygen atoms in total. The van der Waals surface area contributed by atoms with Crippen LogP contribution in [0, 0.1) is 0 Å². The van der Waals surface area contributed by atoms with E-state index in [1.54, 1.807) is 18.0 Å². The van der Waals surface area contributed by atoms with E-state index in [0.717, 1.165) is 29.6 Å². The maximum atomic E-state index is 5.37. The SMILES string of the molecule is CCCc1nnc2n1N[C@H](c1ccco1)S2. The number of fused-ring (bicyclic) bond motifs is 1. The molecule has 0 aliphatic carbocycles. The molecule has 16 heavy (non-hydrogen) atoms. The van der Waals surface area contributed by atoms with Crippen LogP contribution < -0.4 is 5.43 Å². The average Bonchev–Trinajstić information content (AvgIpc) is 2.93. The van der Waals surface area contributed by atoms with Crippen LogP contribution in [0.5, 0.6) is 0 Å². The van der Waals surface area contributed by atoms with Gasteiger partial charge in [0, 0.05) is 6.42 Å². The van der Waals surface area contributed by atoms with E-state index in [2.05, 4.69) is 22.5 Å². The molecule has 3 heterocycles. The van der Waals surface area contributed by atoms with Crippen LogP contribution in [0.1, 0.15) is 30.3 Å². The van der Waals surface area contributed by atoms with Crippen LogP contribution in [0.2, 0.25) is 0 Å². The molecular formula is C10H12N4OS. The number of hydrogen-bond acceptors (Lipinski definition) is 5. The molecule has 0 spiro atoms. The Morgan fingerprint density at radius 2 is 2.50 bits per heavy atom. The summed E-state index contributed by atoms with van der Waals surface area (Å²) in [6.07, 6.45) is 3.69. The van der Waals surface area contributed by atoms with E-state index in [1.165, 1.54) is 0 Å². The van der Waals surface area contributed by atoms with Crippen molar-refractivity contribution in [3.05, 3.63) is 30.0 Å². The predicted octanol–water partition coefficient (Wildman–Crippen LogP) is 2.17. The van der Waals surface area contributed by atoms with Crippen LogP contribution in [0.3, 0.4) is 0 Å². The highest BCUT2D eigenvalue weighted by atomic mass is 32.2. The predicted molar refractivity (Wildman–Crippen MR) is 60.7 cm³/mol. The zero-order valence-corrected chi connectivity index (χ0v) is 9.70. The van der Waals surface area contributed by atoms with Crippen molar-refractivity contribution in [2.45, 2.75) is 30.3 Å². The Balaban J connectivity index is 1.84. The van der Waals surface area contributed by atoms with Gasteiger partial charge in [-0.3, -0.25) is 0 Å². The Kier molecular flexibility index (Phi) is 2.36. The molecule has 0 amide bonds. The first kappa shape index (κ1) is 9.77. The molecule has 0 radical (unpaired) electrons. The fourth-order valence-electron chi connectivity index (χ4n) is 1.70. The molecule has 1 atom stereocenters. The molecule has 0 unspecified atom stereocenters. The lowest BCUT2D eigenvalue weighted by atomic mass is 10.3. The summed E-state index contributed by atoms with van der Waals surface area (Å²) in [5, 5.41) is 9.30. The molecule has 1 N–H and O–H groups in total. The fourth-order valence-corrected chi connectivity index (χ4v) is 2.67. The maximum absolute atomic E-state index is 5.37. The van der Waals surface area contributed by atoms with Crippen molar-refractivity contribution in [3.8, 4) is 0 Å². The number of hydrogen-bond donors (Lipinski definition) is 1. The van der Waals surface area contributed by atoms with Gasteiger partial charge < -0.3 is 9.84 Å². The van der Waals surface area contributed by atoms with E-state index >= 15 is 0 Å². The Hall–Kier alpha value is -1.43. The third-order valence-corrected chi connectivity index (χ3v) is 3.49. The Bertz CT molecular complexity index is 479. The van der Waals surface area contributed by atoms with E-state index in [-0.39, 0.29) is 5.37 Å². The third kappa shape index (κ3) is 1.49. The van der Waals surface area contributed by atoms with Crippen LogP contribution in [0.15, 0.2) is 28.0 Å². The molecule has 0 aromatic carbocycles. The molecule has 3 rings (SSSR count). The molecule has 6 heteroatoms. The van der Waals surface area contributed by atoms with Crippen LogP contribution in [0.4, 0.5) is 0 Å². The normalized spacial score (nSPS) is 18.4. The van der Waals surface area contributed by atoms with Crippen molar-refractivity contribution < 1.29 is 4.42 Å². The highest BCUT2D eigenvalue weighted by Gasteiger charge is 2.28. The number of aryl methyl sites for hydroxylation is 1. The van der Waals surface area contributed by atoms with Gasteiger partial charge in [-0.1, -0.05) is 6.92 Å². The monoisotopic (exact) mass is 236 g/mol. The number of aromatic nitrogens is 3. The second-order valence-corrected chi connectivity index (χ2v) is 4.70. The van der Waals surface area contributed by atoms with Crippen molar-refractivity contribution in [1.29, 1.82) is 0 Å². The van der Waals surface area contributed by atoms with Gasteiger partial charge in [0.25, 0.3) is 0 Å². The Morgan fingerprint density at radius 3 is 3.25 bits per heavy atom. The van der Waals surface area contributed by atoms with Gasteiger partial charge >= 0.3 is 0 Å². The van der Waals surface area contributed by atoms with Gasteiger partial charge in [-0.25, -0.2) is 4.68 Å². The summed E-state index contributed by atoms with van der Waals surface area (Å²) >= 11 is 1.63. The zero-order chi connectivity index (χ0) is 11.0. The fraction of sp³-hybridized carbons (Fsp3) is 0.400. The number of nitrogens with one attached hydrogen (secondary N) is 1. The van der Waals surface area contributed by atoms with E-state index in [0.29, 0.717) is 0 Å². The lowest BCUT2D eigenvalue weighted by Gasteiger charge is -2.08. The molecule has 2 aromatic heterocycles. The van der Waals surface area contributed by atoms with Crippen LogP contribution in [-0.2, 0) is 6.42 Å². The van der Waals surface area contributed by atoms with Crippen molar-refractivity contribution in [2.24, 2.45) is 0 Å². The van der Waals surface area contributed by atoms with Crippen LogP contribution in [-0.4, -0.2) is 14.9 Å². The van der Waals surface area contributed by atoms with Gasteiger partial charge in [-0.15, -0.1) is 10.2 Å². The second kappa shape index (κ2) is 3.86. The van der Waals surface area contributed by atoms with Gasteiger partial charge in [-0.05, 0) is 30.3 Å². The summed E-state index contributed by atoms with van der Waals surface area (Å²) < 4.78 is 7.33. The quantitative estimate of drug-likeness (QED) is 0.885. The number of thioether (sulfide) groups is 1. The topological polar surface area (TPSA) is 55.9 Å². The maximum Gasteiger partial charge on any atom is 0.212 e. The molecule has 84 valence electrons. The van der Waals surface area contributed by atoms with Crippen molar-refractivity contribution >= 4 is 11.8 Å². The lowest BCUT2D eigenvalue weighted by Crippen LogP contribution is -2.15. The molecular weight excluding hydrogens is 224 g/mol. The van der Waals surface area contributed by atoms with Gasteiger partial charge in [0.15, 0.2) is 11.2 Å². The minimum absolute atomic E-state index is 0.108. The lowest BCUT2D eigenvalue weighted by molar-refractivity contribution is 0.507. The average molecular weight is 236 g/mol. The van der Waals surface area contributed by atoms with E-state index in [9.17, 15) is 0 Å². The molecule has 2 aromatic rings. The van der Waals surface area contributed by atoms with Gasteiger partial charge in [0.05, 0.1) is 6.26 Å². The molecule has 0 fully saturated rings. The number of furan rings is 1. The van der Waals surface area contributed by atoms with Gasteiger partial charge in [-0.2, -0.15) is 0 Å². The molecule has 0 saturated carbocycles. The van der Waals surface area contributed by atoms with E-state index in [4.69, 9.17) is 4.42 Å². The standard InChI is InChI=1S/C10H12N4OS/c1-2-4-8-11-12-10-14(8)13-9(16-10)7-5-3-6-15-7/h3,5-6,9,13H,2,4H2,1H3/t9-/m0/s1. The molecule has 1 aliphatic heterocycles. The summed E-state index contributed by atoms with van der Waals surface area (Å²) in [5.74, 6) is 1.90. The van der Waals surface area contributed by atoms with E-state index < -0.39 is 0 Å². The van der Waals surface area contributed by atoms with Gasteiger partial charge in [0.1, 0.15) is 5.76 Å². The number of nitrogens with zero attached hydrogens (tertiary/aromatic N) is 3. The first-order chi connectivity index (χ1) is 7.88. The van der Waals surface area contributed by atoms with Crippen LogP contribution in [0.25, 0.3) is 0 Å². The minimum atomic E-state index is 0.108. The Morgan fingerprint density at radius 1 is 1.56 bits per heavy atom. The summed E-state index contributed by atoms with van der Waals surface area (Å²) in [6.45, 7) is 2.13. The molecule has 0 bridgehead atoms. The Labute approximate surface area is 97.2 Å². The zero-order valence-electron chi connectivity index (χ0n) is 8.88. The first-order valence-electron chi connectivity index (χ1n) is 5.29. The smallest absolute Gasteiger partial charge is 0.212 e. The molecule has 0 saturated heterocycles. The second-order valence-electron chi connectivity index (χ2n) is 3.63. The largest absolute Gasteiger partial charge is 0.466 e. The van der Waals surface area contributed by atoms with Crippen molar-refractivity contribution in [2.75, 3.05) is 5.43 Å². The summed E-state index contributed by atoms with van der Waals surface area (Å²) in [6, 6.07) is 3.86. The highest BCUT2D eigenvalue weighted by Crippen LogP contribution is 2.38. The van der Waals surface area contributed by atoms with E-state index in [1.807, 2.05) is 16.8 Å². The van der Waals surface area contributed by atoms with Crippen molar-refractivity contribution in [3.63, 3.8) is 0 Å². The number of rotatable bonds is 3.